The Morgan fingerprint density at radius 1 is 1.29 bits per heavy atom. The van der Waals surface area contributed by atoms with E-state index in [4.69, 9.17) is 0 Å². The monoisotopic (exact) mass is 230 g/mol. The number of hydrogen-bond acceptors (Lipinski definition) is 2. The highest BCUT2D eigenvalue weighted by Gasteiger charge is 2.03. The van der Waals surface area contributed by atoms with Gasteiger partial charge in [-0.05, 0) is 5.56 Å². The van der Waals surface area contributed by atoms with Crippen molar-refractivity contribution in [2.45, 2.75) is 6.54 Å². The molecule has 5 nitrogen and oxygen atoms in total. The summed E-state index contributed by atoms with van der Waals surface area (Å²) in [4.78, 5) is 11.6. The van der Waals surface area contributed by atoms with Crippen molar-refractivity contribution in [1.29, 1.82) is 0 Å². The molecule has 0 unspecified atom stereocenters. The number of aromatic nitrogens is 2. The van der Waals surface area contributed by atoms with Gasteiger partial charge in [-0.3, -0.25) is 10.00 Å². The minimum absolute atomic E-state index is 0.238. The number of anilines is 1. The lowest BCUT2D eigenvalue weighted by atomic mass is 10.2. The van der Waals surface area contributed by atoms with E-state index in [0.29, 0.717) is 12.4 Å². The van der Waals surface area contributed by atoms with Crippen molar-refractivity contribution < 1.29 is 4.79 Å². The first-order valence-corrected chi connectivity index (χ1v) is 5.32. The summed E-state index contributed by atoms with van der Waals surface area (Å²) in [5, 5.41) is 9.45. The van der Waals surface area contributed by atoms with Crippen LogP contribution < -0.4 is 10.6 Å². The zero-order valence-electron chi connectivity index (χ0n) is 9.55. The van der Waals surface area contributed by atoms with Gasteiger partial charge in [-0.15, -0.1) is 0 Å². The van der Waals surface area contributed by atoms with Crippen LogP contribution in [0.25, 0.3) is 0 Å². The van der Waals surface area contributed by atoms with Gasteiger partial charge in [0.15, 0.2) is 0 Å². The molecule has 0 fully saturated rings. The lowest BCUT2D eigenvalue weighted by molar-refractivity contribution is 0.251. The molecule has 0 atom stereocenters. The third-order valence-corrected chi connectivity index (χ3v) is 2.36. The topological polar surface area (TPSA) is 59.0 Å². The normalized spacial score (nSPS) is 9.94. The van der Waals surface area contributed by atoms with Crippen molar-refractivity contribution in [3.05, 3.63) is 48.2 Å². The quantitative estimate of drug-likeness (QED) is 0.843. The van der Waals surface area contributed by atoms with Gasteiger partial charge in [0.25, 0.3) is 0 Å². The number of benzene rings is 1. The van der Waals surface area contributed by atoms with Gasteiger partial charge in [-0.1, -0.05) is 30.3 Å². The third-order valence-electron chi connectivity index (χ3n) is 2.36. The third kappa shape index (κ3) is 3.07. The van der Waals surface area contributed by atoms with E-state index in [2.05, 4.69) is 15.7 Å². The highest BCUT2D eigenvalue weighted by atomic mass is 16.2. The average Bonchev–Trinajstić information content (AvgIpc) is 2.74. The van der Waals surface area contributed by atoms with Crippen LogP contribution in [0.4, 0.5) is 10.6 Å². The molecule has 0 radical (unpaired) electrons. The van der Waals surface area contributed by atoms with Crippen LogP contribution >= 0.6 is 0 Å². The number of carbonyl (C=O) groups excluding carboxylic acids is 1. The molecule has 0 aliphatic rings. The van der Waals surface area contributed by atoms with Crippen LogP contribution in [-0.4, -0.2) is 15.8 Å². The zero-order valence-corrected chi connectivity index (χ0v) is 9.55. The van der Waals surface area contributed by atoms with Gasteiger partial charge in [0.05, 0.1) is 6.20 Å². The number of rotatable bonds is 3. The summed E-state index contributed by atoms with van der Waals surface area (Å²) in [6.07, 6.45) is 1.63. The first kappa shape index (κ1) is 11.2. The van der Waals surface area contributed by atoms with Gasteiger partial charge in [0.1, 0.15) is 5.82 Å². The van der Waals surface area contributed by atoms with E-state index in [1.165, 1.54) is 0 Å². The SMILES string of the molecule is Cn1nccc1NC(=O)NCc1ccccc1. The molecule has 0 bridgehead atoms. The smallest absolute Gasteiger partial charge is 0.320 e. The summed E-state index contributed by atoms with van der Waals surface area (Å²) >= 11 is 0. The van der Waals surface area contributed by atoms with Crippen LogP contribution in [-0.2, 0) is 13.6 Å². The molecule has 17 heavy (non-hydrogen) atoms. The highest BCUT2D eigenvalue weighted by molar-refractivity contribution is 5.88. The van der Waals surface area contributed by atoms with E-state index in [1.807, 2.05) is 30.3 Å². The molecule has 0 saturated carbocycles. The largest absolute Gasteiger partial charge is 0.334 e. The fraction of sp³-hybridized carbons (Fsp3) is 0.167. The minimum Gasteiger partial charge on any atom is -0.334 e. The second kappa shape index (κ2) is 5.16. The standard InChI is InChI=1S/C12H14N4O/c1-16-11(7-8-14-16)15-12(17)13-9-10-5-3-2-4-6-10/h2-8H,9H2,1H3,(H2,13,15,17). The minimum atomic E-state index is -0.238. The second-order valence-corrected chi connectivity index (χ2v) is 3.63. The van der Waals surface area contributed by atoms with E-state index in [9.17, 15) is 4.79 Å². The summed E-state index contributed by atoms with van der Waals surface area (Å²) in [5.41, 5.74) is 1.06. The Morgan fingerprint density at radius 3 is 2.71 bits per heavy atom. The lowest BCUT2D eigenvalue weighted by Gasteiger charge is -2.07. The predicted octanol–water partition coefficient (Wildman–Crippen LogP) is 1.74. The Morgan fingerprint density at radius 2 is 2.06 bits per heavy atom. The summed E-state index contributed by atoms with van der Waals surface area (Å²) in [5.74, 6) is 0.663. The predicted molar refractivity (Wildman–Crippen MR) is 65.5 cm³/mol. The van der Waals surface area contributed by atoms with E-state index in [0.717, 1.165) is 5.56 Å². The number of nitrogens with zero attached hydrogens (tertiary/aromatic N) is 2. The molecule has 1 heterocycles. The van der Waals surface area contributed by atoms with Crippen molar-refractivity contribution >= 4 is 11.8 Å². The van der Waals surface area contributed by atoms with Gasteiger partial charge in [0, 0.05) is 19.7 Å². The van der Waals surface area contributed by atoms with Crippen LogP contribution in [0, 0.1) is 0 Å². The Hall–Kier alpha value is -2.30. The van der Waals surface area contributed by atoms with Crippen LogP contribution in [0.5, 0.6) is 0 Å². The first-order valence-electron chi connectivity index (χ1n) is 5.32. The molecule has 0 aliphatic heterocycles. The van der Waals surface area contributed by atoms with Gasteiger partial charge >= 0.3 is 6.03 Å². The summed E-state index contributed by atoms with van der Waals surface area (Å²) in [6, 6.07) is 11.2. The number of aryl methyl sites for hydroxylation is 1. The van der Waals surface area contributed by atoms with Crippen LogP contribution in [0.15, 0.2) is 42.6 Å². The molecule has 0 aliphatic carbocycles. The van der Waals surface area contributed by atoms with Crippen LogP contribution in [0.1, 0.15) is 5.56 Å². The van der Waals surface area contributed by atoms with E-state index in [-0.39, 0.29) is 6.03 Å². The summed E-state index contributed by atoms with van der Waals surface area (Å²) < 4.78 is 1.60. The van der Waals surface area contributed by atoms with E-state index < -0.39 is 0 Å². The summed E-state index contributed by atoms with van der Waals surface area (Å²) in [7, 11) is 1.77. The summed E-state index contributed by atoms with van der Waals surface area (Å²) in [6.45, 7) is 0.504. The van der Waals surface area contributed by atoms with Gasteiger partial charge < -0.3 is 5.32 Å². The zero-order chi connectivity index (χ0) is 12.1. The molecule has 1 aromatic carbocycles. The van der Waals surface area contributed by atoms with Crippen molar-refractivity contribution in [2.75, 3.05) is 5.32 Å². The maximum absolute atomic E-state index is 11.6. The Labute approximate surface area is 99.5 Å². The number of nitrogens with one attached hydrogen (secondary N) is 2. The molecule has 5 heteroatoms. The maximum Gasteiger partial charge on any atom is 0.320 e. The number of hydrogen-bond donors (Lipinski definition) is 2. The first-order chi connectivity index (χ1) is 8.25. The van der Waals surface area contributed by atoms with E-state index in [1.54, 1.807) is 24.0 Å². The highest BCUT2D eigenvalue weighted by Crippen LogP contribution is 2.03. The molecule has 2 amide bonds. The van der Waals surface area contributed by atoms with Crippen molar-refractivity contribution in [1.82, 2.24) is 15.1 Å². The molecule has 0 saturated heterocycles. The Bertz CT molecular complexity index is 492. The van der Waals surface area contributed by atoms with Gasteiger partial charge in [0.2, 0.25) is 0 Å². The Kier molecular flexibility index (Phi) is 3.40. The van der Waals surface area contributed by atoms with Crippen molar-refractivity contribution in [3.63, 3.8) is 0 Å². The van der Waals surface area contributed by atoms with Gasteiger partial charge in [-0.25, -0.2) is 4.79 Å². The average molecular weight is 230 g/mol. The second-order valence-electron chi connectivity index (χ2n) is 3.63. The molecule has 2 N–H and O–H groups in total. The fourth-order valence-corrected chi connectivity index (χ4v) is 1.44. The maximum atomic E-state index is 11.6. The van der Waals surface area contributed by atoms with Crippen molar-refractivity contribution in [3.8, 4) is 0 Å². The number of amides is 2. The molecule has 2 rings (SSSR count). The molecule has 1 aromatic heterocycles. The molecule has 88 valence electrons. The molecule has 0 spiro atoms. The number of urea groups is 1. The lowest BCUT2D eigenvalue weighted by Crippen LogP contribution is -2.29. The van der Waals surface area contributed by atoms with Crippen molar-refractivity contribution in [2.24, 2.45) is 7.05 Å². The fourth-order valence-electron chi connectivity index (χ4n) is 1.44. The van der Waals surface area contributed by atoms with Crippen LogP contribution in [0.3, 0.4) is 0 Å². The van der Waals surface area contributed by atoms with E-state index >= 15 is 0 Å². The molecular formula is C12H14N4O. The molecule has 2 aromatic rings. The van der Waals surface area contributed by atoms with Gasteiger partial charge in [-0.2, -0.15) is 5.10 Å². The van der Waals surface area contributed by atoms with Crippen LogP contribution in [0.2, 0.25) is 0 Å². The Balaban J connectivity index is 1.85. The molecular weight excluding hydrogens is 216 g/mol. The number of carbonyl (C=O) groups is 1.